The summed E-state index contributed by atoms with van der Waals surface area (Å²) >= 11 is 6.00. The molecule has 23 heavy (non-hydrogen) atoms. The number of hydrogen-bond acceptors (Lipinski definition) is 3. The van der Waals surface area contributed by atoms with Gasteiger partial charge in [-0.25, -0.2) is 8.42 Å². The second kappa shape index (κ2) is 6.61. The molecule has 0 saturated carbocycles. The van der Waals surface area contributed by atoms with E-state index in [0.29, 0.717) is 31.2 Å². The quantitative estimate of drug-likeness (QED) is 0.862. The second-order valence-corrected chi connectivity index (χ2v) is 8.09. The van der Waals surface area contributed by atoms with Gasteiger partial charge in [-0.15, -0.1) is 6.58 Å². The van der Waals surface area contributed by atoms with E-state index in [2.05, 4.69) is 11.9 Å². The second-order valence-electron chi connectivity index (χ2n) is 5.60. The van der Waals surface area contributed by atoms with E-state index >= 15 is 0 Å². The number of piperazine rings is 1. The van der Waals surface area contributed by atoms with Gasteiger partial charge in [0.2, 0.25) is 10.0 Å². The Hall–Kier alpha value is -1.40. The minimum atomic E-state index is -3.45. The largest absolute Gasteiger partial charge is 0.314 e. The number of rotatable bonds is 4. The van der Waals surface area contributed by atoms with Crippen LogP contribution in [-0.2, 0) is 10.0 Å². The maximum absolute atomic E-state index is 12.9. The number of nitrogens with one attached hydrogen (secondary N) is 1. The number of halogens is 1. The van der Waals surface area contributed by atoms with Crippen molar-refractivity contribution in [3.63, 3.8) is 0 Å². The van der Waals surface area contributed by atoms with Gasteiger partial charge in [0.05, 0.1) is 0 Å². The van der Waals surface area contributed by atoms with Gasteiger partial charge in [0.25, 0.3) is 0 Å². The molecule has 1 unspecified atom stereocenters. The first kappa shape index (κ1) is 16.5. The molecule has 0 radical (unpaired) electrons. The summed E-state index contributed by atoms with van der Waals surface area (Å²) in [6.07, 6.45) is 1.51. The average molecular weight is 351 g/mol. The van der Waals surface area contributed by atoms with Crippen LogP contribution in [0, 0.1) is 0 Å². The Bertz CT molecular complexity index is 830. The summed E-state index contributed by atoms with van der Waals surface area (Å²) in [4.78, 5) is 0. The van der Waals surface area contributed by atoms with Crippen LogP contribution in [0.3, 0.4) is 0 Å². The fourth-order valence-electron chi connectivity index (χ4n) is 2.90. The first-order valence-corrected chi connectivity index (χ1v) is 9.42. The summed E-state index contributed by atoms with van der Waals surface area (Å²) in [5, 5.41) is 5.06. The van der Waals surface area contributed by atoms with Crippen LogP contribution in [0.4, 0.5) is 0 Å². The van der Waals surface area contributed by atoms with Gasteiger partial charge < -0.3 is 5.32 Å². The van der Waals surface area contributed by atoms with Crippen LogP contribution in [0.2, 0.25) is 5.02 Å². The molecule has 0 bridgehead atoms. The Kier molecular flexibility index (Phi) is 4.73. The van der Waals surface area contributed by atoms with E-state index in [-0.39, 0.29) is 0 Å². The highest BCUT2D eigenvalue weighted by Crippen LogP contribution is 2.30. The van der Waals surface area contributed by atoms with E-state index in [1.165, 1.54) is 6.08 Å². The van der Waals surface area contributed by atoms with Gasteiger partial charge in [0.1, 0.15) is 5.25 Å². The lowest BCUT2D eigenvalue weighted by atomic mass is 10.0. The zero-order chi connectivity index (χ0) is 16.4. The Balaban J connectivity index is 1.99. The fourth-order valence-corrected chi connectivity index (χ4v) is 4.83. The standard InChI is InChI=1S/C17H19ClN2O2S/c1-2-17(23(21,22)20-9-7-19-8-10-20)15-4-3-14-12-16(18)6-5-13(14)11-15/h2-6,11-12,17,19H,1,7-10H2. The van der Waals surface area contributed by atoms with Crippen molar-refractivity contribution in [3.05, 3.63) is 59.6 Å². The molecule has 2 aromatic rings. The van der Waals surface area contributed by atoms with Crippen molar-refractivity contribution in [1.82, 2.24) is 9.62 Å². The molecule has 1 N–H and O–H groups in total. The number of nitrogens with zero attached hydrogens (tertiary/aromatic N) is 1. The maximum Gasteiger partial charge on any atom is 0.224 e. The molecule has 6 heteroatoms. The van der Waals surface area contributed by atoms with Crippen LogP contribution in [0.15, 0.2) is 49.1 Å². The Morgan fingerprint density at radius 1 is 1.13 bits per heavy atom. The predicted molar refractivity (Wildman–Crippen MR) is 95.3 cm³/mol. The summed E-state index contributed by atoms with van der Waals surface area (Å²) in [5.74, 6) is 0. The molecule has 1 aliphatic rings. The third-order valence-corrected chi connectivity index (χ3v) is 6.55. The van der Waals surface area contributed by atoms with Crippen molar-refractivity contribution in [2.24, 2.45) is 0 Å². The molecule has 0 aromatic heterocycles. The highest BCUT2D eigenvalue weighted by Gasteiger charge is 2.32. The summed E-state index contributed by atoms with van der Waals surface area (Å²) in [6, 6.07) is 11.2. The first-order valence-electron chi connectivity index (χ1n) is 7.54. The number of fused-ring (bicyclic) bond motifs is 1. The third-order valence-electron chi connectivity index (χ3n) is 4.13. The summed E-state index contributed by atoms with van der Waals surface area (Å²) in [6.45, 7) is 6.10. The highest BCUT2D eigenvalue weighted by molar-refractivity contribution is 7.89. The molecule has 2 aromatic carbocycles. The van der Waals surface area contributed by atoms with Crippen LogP contribution in [0.1, 0.15) is 10.8 Å². The van der Waals surface area contributed by atoms with E-state index in [9.17, 15) is 8.42 Å². The Morgan fingerprint density at radius 2 is 1.78 bits per heavy atom. The molecule has 4 nitrogen and oxygen atoms in total. The van der Waals surface area contributed by atoms with Gasteiger partial charge in [-0.3, -0.25) is 0 Å². The van der Waals surface area contributed by atoms with Gasteiger partial charge >= 0.3 is 0 Å². The SMILES string of the molecule is C=CC(c1ccc2cc(Cl)ccc2c1)S(=O)(=O)N1CCNCC1. The van der Waals surface area contributed by atoms with Crippen LogP contribution >= 0.6 is 11.6 Å². The zero-order valence-electron chi connectivity index (χ0n) is 12.7. The van der Waals surface area contributed by atoms with E-state index < -0.39 is 15.3 Å². The fraction of sp³-hybridized carbons (Fsp3) is 0.294. The minimum absolute atomic E-state index is 0.496. The molecule has 3 rings (SSSR count). The van der Waals surface area contributed by atoms with Gasteiger partial charge in [-0.1, -0.05) is 35.9 Å². The zero-order valence-corrected chi connectivity index (χ0v) is 14.3. The molecule has 0 amide bonds. The van der Waals surface area contributed by atoms with Crippen LogP contribution < -0.4 is 5.32 Å². The number of benzene rings is 2. The molecule has 1 atom stereocenters. The molecule has 0 spiro atoms. The molecule has 122 valence electrons. The lowest BCUT2D eigenvalue weighted by Gasteiger charge is -2.29. The molecule has 1 heterocycles. The molecular formula is C17H19ClN2O2S. The highest BCUT2D eigenvalue weighted by atomic mass is 35.5. The van der Waals surface area contributed by atoms with Crippen molar-refractivity contribution in [1.29, 1.82) is 0 Å². The van der Waals surface area contributed by atoms with E-state index in [1.54, 1.807) is 10.4 Å². The van der Waals surface area contributed by atoms with E-state index in [4.69, 9.17) is 11.6 Å². The van der Waals surface area contributed by atoms with Gasteiger partial charge in [0.15, 0.2) is 0 Å². The maximum atomic E-state index is 12.9. The molecule has 1 fully saturated rings. The average Bonchev–Trinajstić information content (AvgIpc) is 2.56. The summed E-state index contributed by atoms with van der Waals surface area (Å²) in [5.41, 5.74) is 0.730. The third kappa shape index (κ3) is 3.28. The van der Waals surface area contributed by atoms with Gasteiger partial charge in [0, 0.05) is 31.2 Å². The van der Waals surface area contributed by atoms with Crippen molar-refractivity contribution in [2.75, 3.05) is 26.2 Å². The molecule has 0 aliphatic carbocycles. The molecule has 1 saturated heterocycles. The molecule has 1 aliphatic heterocycles. The van der Waals surface area contributed by atoms with Crippen LogP contribution in [0.5, 0.6) is 0 Å². The lowest BCUT2D eigenvalue weighted by Crippen LogP contribution is -2.47. The smallest absolute Gasteiger partial charge is 0.224 e. The van der Waals surface area contributed by atoms with Crippen molar-refractivity contribution < 1.29 is 8.42 Å². The summed E-state index contributed by atoms with van der Waals surface area (Å²) in [7, 11) is -3.45. The van der Waals surface area contributed by atoms with Crippen molar-refractivity contribution in [2.45, 2.75) is 5.25 Å². The van der Waals surface area contributed by atoms with E-state index in [0.717, 1.165) is 16.3 Å². The van der Waals surface area contributed by atoms with Gasteiger partial charge in [-0.05, 0) is 34.5 Å². The number of hydrogen-bond donors (Lipinski definition) is 1. The minimum Gasteiger partial charge on any atom is -0.314 e. The first-order chi connectivity index (χ1) is 11.0. The number of sulfonamides is 1. The van der Waals surface area contributed by atoms with Gasteiger partial charge in [-0.2, -0.15) is 4.31 Å². The summed E-state index contributed by atoms with van der Waals surface area (Å²) < 4.78 is 27.4. The Morgan fingerprint density at radius 3 is 2.48 bits per heavy atom. The van der Waals surface area contributed by atoms with Crippen molar-refractivity contribution >= 4 is 32.4 Å². The topological polar surface area (TPSA) is 49.4 Å². The predicted octanol–water partition coefficient (Wildman–Crippen LogP) is 2.96. The monoisotopic (exact) mass is 350 g/mol. The van der Waals surface area contributed by atoms with Crippen LogP contribution in [0.25, 0.3) is 10.8 Å². The normalized spacial score (nSPS) is 18.0. The van der Waals surface area contributed by atoms with E-state index in [1.807, 2.05) is 30.3 Å². The lowest BCUT2D eigenvalue weighted by molar-refractivity contribution is 0.358. The van der Waals surface area contributed by atoms with Crippen molar-refractivity contribution in [3.8, 4) is 0 Å². The van der Waals surface area contributed by atoms with Crippen LogP contribution in [-0.4, -0.2) is 38.9 Å². The molecular weight excluding hydrogens is 332 g/mol. The Labute approximate surface area is 141 Å².